The summed E-state index contributed by atoms with van der Waals surface area (Å²) in [4.78, 5) is 20.8. The molecule has 1 aliphatic rings. The van der Waals surface area contributed by atoms with Crippen molar-refractivity contribution in [1.82, 2.24) is 9.97 Å². The van der Waals surface area contributed by atoms with Gasteiger partial charge in [0.2, 0.25) is 0 Å². The Balaban J connectivity index is 1.67. The van der Waals surface area contributed by atoms with E-state index in [0.717, 1.165) is 6.07 Å². The minimum absolute atomic E-state index is 0.0129. The molecule has 0 saturated carbocycles. The minimum Gasteiger partial charge on any atom is -0.492 e. The summed E-state index contributed by atoms with van der Waals surface area (Å²) >= 11 is 0. The number of fused-ring (bicyclic) bond motifs is 1. The number of carbonyl (C=O) groups excluding carboxylic acids is 1. The van der Waals surface area contributed by atoms with Crippen LogP contribution in [-0.2, 0) is 9.84 Å². The number of rotatable bonds is 7. The molecule has 0 unspecified atom stereocenters. The molecule has 2 heterocycles. The van der Waals surface area contributed by atoms with Crippen molar-refractivity contribution in [2.45, 2.75) is 31.3 Å². The van der Waals surface area contributed by atoms with E-state index < -0.39 is 27.7 Å². The molecule has 10 nitrogen and oxygen atoms in total. The predicted octanol–water partition coefficient (Wildman–Crippen LogP) is 3.28. The third-order valence-corrected chi connectivity index (χ3v) is 6.95. The van der Waals surface area contributed by atoms with Gasteiger partial charge in [-0.05, 0) is 32.4 Å². The standard InChI is InChI=1S/C24H24FN3O7S/c1-14-11-27-23(12-26-14)28-24(30)16-6-17(34-15(2)13-29)8-18(7-16)35-20-10-21-22(9-19(20)25)36(31,32)5-3-4-33-21/h6-12,15,29H,3-5,13H2,1-2H3,(H,27,28,30)/t15-/m0/s1. The number of benzene rings is 2. The SMILES string of the molecule is Cc1cnc(NC(=O)c2cc(Oc3cc4c(cc3F)S(=O)(=O)CCCO4)cc(O[C@@H](C)CO)c2)cn1. The van der Waals surface area contributed by atoms with E-state index in [1.807, 2.05) is 0 Å². The van der Waals surface area contributed by atoms with Gasteiger partial charge in [-0.3, -0.25) is 9.78 Å². The lowest BCUT2D eigenvalue weighted by molar-refractivity contribution is 0.102. The summed E-state index contributed by atoms with van der Waals surface area (Å²) in [5.74, 6) is -1.49. The van der Waals surface area contributed by atoms with Crippen molar-refractivity contribution < 1.29 is 36.9 Å². The third-order valence-electron chi connectivity index (χ3n) is 5.14. The molecule has 0 bridgehead atoms. The number of hydrogen-bond acceptors (Lipinski definition) is 9. The van der Waals surface area contributed by atoms with Gasteiger partial charge in [0.25, 0.3) is 5.91 Å². The van der Waals surface area contributed by atoms with Crippen molar-refractivity contribution in [3.8, 4) is 23.0 Å². The zero-order chi connectivity index (χ0) is 25.9. The Morgan fingerprint density at radius 2 is 1.97 bits per heavy atom. The van der Waals surface area contributed by atoms with Gasteiger partial charge in [0, 0.05) is 23.8 Å². The number of aliphatic hydroxyl groups excluding tert-OH is 1. The number of carbonyl (C=O) groups is 1. The Bertz CT molecular complexity index is 1380. The van der Waals surface area contributed by atoms with Crippen LogP contribution in [0.4, 0.5) is 10.2 Å². The first-order chi connectivity index (χ1) is 17.1. The number of nitrogens with one attached hydrogen (secondary N) is 1. The zero-order valence-electron chi connectivity index (χ0n) is 19.5. The van der Waals surface area contributed by atoms with Gasteiger partial charge >= 0.3 is 0 Å². The quantitative estimate of drug-likeness (QED) is 0.484. The fourth-order valence-electron chi connectivity index (χ4n) is 3.36. The van der Waals surface area contributed by atoms with Gasteiger partial charge in [0.1, 0.15) is 28.2 Å². The van der Waals surface area contributed by atoms with E-state index in [1.165, 1.54) is 36.7 Å². The highest BCUT2D eigenvalue weighted by atomic mass is 32.2. The van der Waals surface area contributed by atoms with Crippen molar-refractivity contribution >= 4 is 21.6 Å². The fraction of sp³-hybridized carbons (Fsp3) is 0.292. The Hall–Kier alpha value is -3.77. The summed E-state index contributed by atoms with van der Waals surface area (Å²) in [5, 5.41) is 12.0. The fourth-order valence-corrected chi connectivity index (χ4v) is 4.79. The topological polar surface area (TPSA) is 137 Å². The Morgan fingerprint density at radius 3 is 2.69 bits per heavy atom. The molecular formula is C24H24FN3O7S. The maximum Gasteiger partial charge on any atom is 0.257 e. The summed E-state index contributed by atoms with van der Waals surface area (Å²) in [5.41, 5.74) is 0.778. The molecule has 1 atom stereocenters. The number of aromatic nitrogens is 2. The molecule has 0 spiro atoms. The number of sulfone groups is 1. The summed E-state index contributed by atoms with van der Waals surface area (Å²) < 4.78 is 56.5. The molecule has 1 amide bonds. The van der Waals surface area contributed by atoms with Crippen molar-refractivity contribution in [3.05, 3.63) is 59.8 Å². The van der Waals surface area contributed by atoms with Crippen LogP contribution in [-0.4, -0.2) is 54.5 Å². The lowest BCUT2D eigenvalue weighted by Crippen LogP contribution is -2.17. The molecular weight excluding hydrogens is 493 g/mol. The highest BCUT2D eigenvalue weighted by molar-refractivity contribution is 7.91. The van der Waals surface area contributed by atoms with Crippen LogP contribution >= 0.6 is 0 Å². The average Bonchev–Trinajstić information content (AvgIpc) is 2.98. The second-order valence-corrected chi connectivity index (χ2v) is 10.2. The highest BCUT2D eigenvalue weighted by Gasteiger charge is 2.26. The van der Waals surface area contributed by atoms with Gasteiger partial charge in [0.15, 0.2) is 27.2 Å². The van der Waals surface area contributed by atoms with Gasteiger partial charge in [-0.2, -0.15) is 0 Å². The average molecular weight is 518 g/mol. The van der Waals surface area contributed by atoms with Crippen LogP contribution in [0.3, 0.4) is 0 Å². The molecule has 1 aliphatic heterocycles. The molecule has 2 aromatic carbocycles. The Morgan fingerprint density at radius 1 is 1.19 bits per heavy atom. The minimum atomic E-state index is -3.69. The normalized spacial score (nSPS) is 15.1. The monoisotopic (exact) mass is 517 g/mol. The van der Waals surface area contributed by atoms with Crippen LogP contribution in [0.5, 0.6) is 23.0 Å². The summed E-state index contributed by atoms with van der Waals surface area (Å²) in [6.07, 6.45) is 2.58. The largest absolute Gasteiger partial charge is 0.492 e. The molecule has 12 heteroatoms. The number of anilines is 1. The second-order valence-electron chi connectivity index (χ2n) is 8.15. The first-order valence-electron chi connectivity index (χ1n) is 11.0. The van der Waals surface area contributed by atoms with Crippen LogP contribution < -0.4 is 19.5 Å². The van der Waals surface area contributed by atoms with E-state index in [2.05, 4.69) is 15.3 Å². The van der Waals surface area contributed by atoms with Crippen LogP contribution in [0.25, 0.3) is 0 Å². The van der Waals surface area contributed by atoms with Crippen LogP contribution in [0.15, 0.2) is 47.6 Å². The lowest BCUT2D eigenvalue weighted by atomic mass is 10.2. The van der Waals surface area contributed by atoms with Gasteiger partial charge in [-0.25, -0.2) is 17.8 Å². The van der Waals surface area contributed by atoms with E-state index in [1.54, 1.807) is 13.8 Å². The van der Waals surface area contributed by atoms with Crippen LogP contribution in [0, 0.1) is 12.7 Å². The number of halogens is 1. The third kappa shape index (κ3) is 5.89. The maximum absolute atomic E-state index is 14.9. The van der Waals surface area contributed by atoms with Gasteiger partial charge in [-0.1, -0.05) is 0 Å². The Kier molecular flexibility index (Phi) is 7.36. The van der Waals surface area contributed by atoms with Crippen LogP contribution in [0.1, 0.15) is 29.4 Å². The summed E-state index contributed by atoms with van der Waals surface area (Å²) in [7, 11) is -3.69. The number of ether oxygens (including phenoxy) is 3. The summed E-state index contributed by atoms with van der Waals surface area (Å²) in [6, 6.07) is 6.23. The molecule has 3 aromatic rings. The second kappa shape index (κ2) is 10.5. The number of hydrogen-bond donors (Lipinski definition) is 2. The number of aryl methyl sites for hydroxylation is 1. The molecule has 0 saturated heterocycles. The van der Waals surface area contributed by atoms with Crippen LogP contribution in [0.2, 0.25) is 0 Å². The molecule has 4 rings (SSSR count). The van der Waals surface area contributed by atoms with Gasteiger partial charge in [-0.15, -0.1) is 0 Å². The Labute approximate surface area is 207 Å². The number of nitrogens with zero attached hydrogens (tertiary/aromatic N) is 2. The lowest BCUT2D eigenvalue weighted by Gasteiger charge is -2.16. The van der Waals surface area contributed by atoms with Crippen molar-refractivity contribution in [2.24, 2.45) is 0 Å². The van der Waals surface area contributed by atoms with E-state index >= 15 is 0 Å². The molecule has 0 fully saturated rings. The van der Waals surface area contributed by atoms with Gasteiger partial charge < -0.3 is 24.6 Å². The molecule has 2 N–H and O–H groups in total. The van der Waals surface area contributed by atoms with E-state index in [-0.39, 0.29) is 64.7 Å². The van der Waals surface area contributed by atoms with Crippen molar-refractivity contribution in [2.75, 3.05) is 24.3 Å². The van der Waals surface area contributed by atoms with E-state index in [4.69, 9.17) is 14.2 Å². The predicted molar refractivity (Wildman–Crippen MR) is 127 cm³/mol. The maximum atomic E-state index is 14.9. The first kappa shape index (κ1) is 25.3. The smallest absolute Gasteiger partial charge is 0.257 e. The molecule has 190 valence electrons. The molecule has 0 radical (unpaired) electrons. The number of aliphatic hydroxyl groups is 1. The summed E-state index contributed by atoms with van der Waals surface area (Å²) in [6.45, 7) is 3.26. The van der Waals surface area contributed by atoms with E-state index in [9.17, 15) is 22.7 Å². The van der Waals surface area contributed by atoms with Gasteiger partial charge in [0.05, 0.1) is 37.1 Å². The first-order valence-corrected chi connectivity index (χ1v) is 12.7. The number of amides is 1. The highest BCUT2D eigenvalue weighted by Crippen LogP contribution is 2.37. The van der Waals surface area contributed by atoms with Crippen molar-refractivity contribution in [1.29, 1.82) is 0 Å². The zero-order valence-corrected chi connectivity index (χ0v) is 20.3. The molecule has 0 aliphatic carbocycles. The van der Waals surface area contributed by atoms with Crippen molar-refractivity contribution in [3.63, 3.8) is 0 Å². The molecule has 1 aromatic heterocycles. The molecule has 36 heavy (non-hydrogen) atoms. The van der Waals surface area contributed by atoms with E-state index in [0.29, 0.717) is 5.69 Å².